The molecule has 300 valence electrons. The van der Waals surface area contributed by atoms with Crippen LogP contribution in [0.3, 0.4) is 0 Å². The standard InChI is InChI=1S/C42H43F5N6O4/c1-24-19-33(51(20-25-7-13-29(55-5)14-8-25)21-26-9-15-30(56-6)16-10-26)48-36(34(24)42(45,46)47)31-17-18-32-37(35(31)43)49-39(44)50-38(32)52-22-27-11-12-28(23-52)53(27)40(54)57-41(2,3)4/h7-10,13-19,27-28H,11-12,20-23H2,1-6H3. The van der Waals surface area contributed by atoms with Crippen LogP contribution in [-0.4, -0.2) is 70.9 Å². The molecule has 0 spiro atoms. The SMILES string of the molecule is COc1ccc(CN(Cc2ccc(OC)cc2)c2cc(C)c(C(F)(F)F)c(-c3ccc4c(N5CC6CCC(C5)N6C(=O)OC(C)(C)C)nc(F)nc4c3F)n2)cc1. The predicted octanol–water partition coefficient (Wildman–Crippen LogP) is 9.11. The third-order valence-corrected chi connectivity index (χ3v) is 10.3. The van der Waals surface area contributed by atoms with Gasteiger partial charge in [0.25, 0.3) is 0 Å². The van der Waals surface area contributed by atoms with Crippen LogP contribution in [0, 0.1) is 18.8 Å². The lowest BCUT2D eigenvalue weighted by molar-refractivity contribution is -0.137. The fourth-order valence-electron chi connectivity index (χ4n) is 7.72. The Morgan fingerprint density at radius 1 is 0.825 bits per heavy atom. The van der Waals surface area contributed by atoms with Gasteiger partial charge in [-0.2, -0.15) is 27.5 Å². The van der Waals surface area contributed by atoms with E-state index in [0.717, 1.165) is 11.1 Å². The molecule has 2 aliphatic heterocycles. The zero-order valence-electron chi connectivity index (χ0n) is 32.5. The Morgan fingerprint density at radius 2 is 1.39 bits per heavy atom. The van der Waals surface area contributed by atoms with E-state index in [4.69, 9.17) is 14.2 Å². The first-order chi connectivity index (χ1) is 27.0. The second-order valence-electron chi connectivity index (χ2n) is 15.4. The number of carbonyl (C=O) groups is 1. The van der Waals surface area contributed by atoms with Crippen molar-refractivity contribution in [1.82, 2.24) is 19.9 Å². The highest BCUT2D eigenvalue weighted by atomic mass is 19.4. The number of pyridine rings is 1. The van der Waals surface area contributed by atoms with Gasteiger partial charge in [0.05, 0.1) is 37.6 Å². The molecule has 0 N–H and O–H groups in total. The molecule has 3 aromatic carbocycles. The molecule has 2 aliphatic rings. The molecule has 57 heavy (non-hydrogen) atoms. The summed E-state index contributed by atoms with van der Waals surface area (Å²) in [7, 11) is 3.10. The number of alkyl halides is 3. The average molecular weight is 791 g/mol. The minimum atomic E-state index is -4.92. The van der Waals surface area contributed by atoms with E-state index in [1.54, 1.807) is 74.0 Å². The number of ether oxygens (including phenoxy) is 3. The van der Waals surface area contributed by atoms with Gasteiger partial charge in [-0.25, -0.2) is 14.2 Å². The van der Waals surface area contributed by atoms with Crippen LogP contribution in [0.4, 0.5) is 38.4 Å². The van der Waals surface area contributed by atoms with Gasteiger partial charge in [0.2, 0.25) is 0 Å². The van der Waals surface area contributed by atoms with E-state index in [1.165, 1.54) is 25.1 Å². The van der Waals surface area contributed by atoms with E-state index in [9.17, 15) is 18.0 Å². The van der Waals surface area contributed by atoms with E-state index in [-0.39, 0.29) is 60.8 Å². The highest BCUT2D eigenvalue weighted by Crippen LogP contribution is 2.43. The molecule has 10 nitrogen and oxygen atoms in total. The largest absolute Gasteiger partial charge is 0.497 e. The number of aryl methyl sites for hydroxylation is 1. The van der Waals surface area contributed by atoms with Crippen molar-refractivity contribution in [3.63, 3.8) is 0 Å². The first-order valence-electron chi connectivity index (χ1n) is 18.5. The van der Waals surface area contributed by atoms with Crippen molar-refractivity contribution in [3.05, 3.63) is 101 Å². The highest BCUT2D eigenvalue weighted by molar-refractivity contribution is 5.93. The zero-order chi connectivity index (χ0) is 40.8. The minimum Gasteiger partial charge on any atom is -0.497 e. The third-order valence-electron chi connectivity index (χ3n) is 10.3. The molecule has 0 radical (unpaired) electrons. The molecule has 1 amide bonds. The molecular formula is C42H43F5N6O4. The van der Waals surface area contributed by atoms with Crippen molar-refractivity contribution in [2.24, 2.45) is 0 Å². The van der Waals surface area contributed by atoms with Crippen molar-refractivity contribution in [2.45, 2.75) is 77.5 Å². The number of methoxy groups -OCH3 is 2. The lowest BCUT2D eigenvalue weighted by Crippen LogP contribution is -2.57. The summed E-state index contributed by atoms with van der Waals surface area (Å²) in [6, 6.07) is 17.9. The van der Waals surface area contributed by atoms with Crippen molar-refractivity contribution in [2.75, 3.05) is 37.1 Å². The number of aromatic nitrogens is 3. The van der Waals surface area contributed by atoms with E-state index in [2.05, 4.69) is 15.0 Å². The molecular weight excluding hydrogens is 747 g/mol. The summed E-state index contributed by atoms with van der Waals surface area (Å²) in [5.74, 6) is 0.350. The first-order valence-corrected chi connectivity index (χ1v) is 18.5. The number of hydrogen-bond acceptors (Lipinski definition) is 9. The Hall–Kier alpha value is -5.73. The van der Waals surface area contributed by atoms with E-state index in [0.29, 0.717) is 24.3 Å². The molecule has 2 fully saturated rings. The summed E-state index contributed by atoms with van der Waals surface area (Å²) < 4.78 is 93.1. The molecule has 2 atom stereocenters. The first kappa shape index (κ1) is 39.5. The second-order valence-corrected chi connectivity index (χ2v) is 15.4. The molecule has 0 aliphatic carbocycles. The monoisotopic (exact) mass is 790 g/mol. The Labute approximate surface area is 327 Å². The fourth-order valence-corrected chi connectivity index (χ4v) is 7.72. The highest BCUT2D eigenvalue weighted by Gasteiger charge is 2.45. The van der Waals surface area contributed by atoms with Crippen LogP contribution < -0.4 is 19.3 Å². The van der Waals surface area contributed by atoms with E-state index < -0.39 is 52.1 Å². The summed E-state index contributed by atoms with van der Waals surface area (Å²) in [5, 5.41) is 0.116. The van der Waals surface area contributed by atoms with Gasteiger partial charge in [0, 0.05) is 37.1 Å². The van der Waals surface area contributed by atoms with Crippen LogP contribution >= 0.6 is 0 Å². The van der Waals surface area contributed by atoms with Gasteiger partial charge in [0.15, 0.2) is 5.82 Å². The molecule has 0 saturated carbocycles. The van der Waals surface area contributed by atoms with Crippen molar-refractivity contribution < 1.29 is 41.0 Å². The second kappa shape index (κ2) is 15.3. The van der Waals surface area contributed by atoms with E-state index in [1.807, 2.05) is 24.3 Å². The number of hydrogen-bond donors (Lipinski definition) is 0. The van der Waals surface area contributed by atoms with Gasteiger partial charge < -0.3 is 24.0 Å². The fraction of sp³-hybridized carbons (Fsp3) is 0.381. The number of piperazine rings is 1. The maximum atomic E-state index is 16.9. The summed E-state index contributed by atoms with van der Waals surface area (Å²) in [6.07, 6.45) is -5.24. The van der Waals surface area contributed by atoms with Gasteiger partial charge in [-0.1, -0.05) is 24.3 Å². The Bertz CT molecular complexity index is 2220. The van der Waals surface area contributed by atoms with Crippen LogP contribution in [0.2, 0.25) is 0 Å². The smallest absolute Gasteiger partial charge is 0.418 e. The predicted molar refractivity (Wildman–Crippen MR) is 205 cm³/mol. The van der Waals surface area contributed by atoms with Crippen LogP contribution in [0.5, 0.6) is 11.5 Å². The maximum absolute atomic E-state index is 16.9. The molecule has 2 bridgehead atoms. The summed E-state index contributed by atoms with van der Waals surface area (Å²) in [5.41, 5.74) is -1.98. The number of halogens is 5. The molecule has 2 aromatic heterocycles. The topological polar surface area (TPSA) is 93.2 Å². The lowest BCUT2D eigenvalue weighted by Gasteiger charge is -2.42. The van der Waals surface area contributed by atoms with Crippen molar-refractivity contribution in [3.8, 4) is 22.8 Å². The number of rotatable bonds is 9. The van der Waals surface area contributed by atoms with Crippen molar-refractivity contribution in [1.29, 1.82) is 0 Å². The minimum absolute atomic E-state index is 0.0859. The van der Waals surface area contributed by atoms with Gasteiger partial charge in [-0.15, -0.1) is 0 Å². The number of amides is 1. The van der Waals surface area contributed by atoms with Gasteiger partial charge in [-0.3, -0.25) is 4.90 Å². The zero-order valence-corrected chi connectivity index (χ0v) is 32.5. The summed E-state index contributed by atoms with van der Waals surface area (Å²) >= 11 is 0. The van der Waals surface area contributed by atoms with Gasteiger partial charge in [0.1, 0.15) is 34.3 Å². The number of benzene rings is 3. The molecule has 15 heteroatoms. The maximum Gasteiger partial charge on any atom is 0.418 e. The average Bonchev–Trinajstić information content (AvgIpc) is 3.43. The number of nitrogens with zero attached hydrogens (tertiary/aromatic N) is 6. The van der Waals surface area contributed by atoms with Gasteiger partial charge in [-0.05, 0) is 99.7 Å². The number of fused-ring (bicyclic) bond motifs is 3. The van der Waals surface area contributed by atoms with Crippen molar-refractivity contribution >= 4 is 28.6 Å². The summed E-state index contributed by atoms with van der Waals surface area (Å²) in [4.78, 5) is 30.7. The third kappa shape index (κ3) is 8.23. The molecule has 2 saturated heterocycles. The Morgan fingerprint density at radius 3 is 1.89 bits per heavy atom. The van der Waals surface area contributed by atoms with Gasteiger partial charge >= 0.3 is 18.3 Å². The number of carbonyl (C=O) groups excluding carboxylic acids is 1. The van der Waals surface area contributed by atoms with Crippen LogP contribution in [-0.2, 0) is 24.0 Å². The van der Waals surface area contributed by atoms with E-state index >= 15 is 8.78 Å². The summed E-state index contributed by atoms with van der Waals surface area (Å²) in [6.45, 7) is 7.67. The lowest BCUT2D eigenvalue weighted by atomic mass is 9.98. The quantitative estimate of drug-likeness (QED) is 0.107. The Balaban J connectivity index is 1.30. The van der Waals surface area contributed by atoms with Crippen LogP contribution in [0.15, 0.2) is 66.7 Å². The van der Waals surface area contributed by atoms with Crippen LogP contribution in [0.1, 0.15) is 55.9 Å². The normalized spacial score (nSPS) is 16.9. The number of anilines is 2. The Kier molecular flexibility index (Phi) is 10.6. The molecule has 5 aromatic rings. The molecule has 2 unspecified atom stereocenters. The molecule has 7 rings (SSSR count). The van der Waals surface area contributed by atoms with Crippen LogP contribution in [0.25, 0.3) is 22.2 Å². The molecule has 4 heterocycles.